The van der Waals surface area contributed by atoms with Crippen LogP contribution in [0.3, 0.4) is 0 Å². The molecule has 0 radical (unpaired) electrons. The van der Waals surface area contributed by atoms with Crippen molar-refractivity contribution >= 4 is 5.82 Å². The van der Waals surface area contributed by atoms with Gasteiger partial charge in [-0.1, -0.05) is 6.07 Å². The van der Waals surface area contributed by atoms with Crippen LogP contribution >= 0.6 is 0 Å². The van der Waals surface area contributed by atoms with Gasteiger partial charge in [-0.25, -0.2) is 4.98 Å². The zero-order valence-electron chi connectivity index (χ0n) is 10.2. The van der Waals surface area contributed by atoms with E-state index in [1.807, 2.05) is 30.1 Å². The van der Waals surface area contributed by atoms with Gasteiger partial charge in [0, 0.05) is 19.8 Å². The molecule has 1 N–H and O–H groups in total. The molecule has 0 saturated carbocycles. The molecule has 2 aromatic rings. The first-order chi connectivity index (χ1) is 8.75. The second-order valence-electron chi connectivity index (χ2n) is 4.46. The second-order valence-corrected chi connectivity index (χ2v) is 4.46. The fraction of sp³-hybridized carbons (Fsp3) is 0.308. The first kappa shape index (κ1) is 11.0. The highest BCUT2D eigenvalue weighted by atomic mass is 16.1. The number of aromatic amines is 1. The molecular formula is C13H14N4O. The van der Waals surface area contributed by atoms with Crippen molar-refractivity contribution in [2.24, 2.45) is 0 Å². The maximum Gasteiger partial charge on any atom is 0.256 e. The van der Waals surface area contributed by atoms with Crippen LogP contribution in [0, 0.1) is 0 Å². The van der Waals surface area contributed by atoms with Crippen molar-refractivity contribution in [2.75, 3.05) is 18.5 Å². The molecule has 0 atom stereocenters. The van der Waals surface area contributed by atoms with E-state index in [4.69, 9.17) is 0 Å². The normalized spacial score (nSPS) is 14.4. The fourth-order valence-electron chi connectivity index (χ4n) is 2.25. The fourth-order valence-corrected chi connectivity index (χ4v) is 2.25. The number of hydrogen-bond acceptors (Lipinski definition) is 4. The Morgan fingerprint density at radius 3 is 3.06 bits per heavy atom. The zero-order valence-corrected chi connectivity index (χ0v) is 10.2. The molecule has 18 heavy (non-hydrogen) atoms. The van der Waals surface area contributed by atoms with Crippen molar-refractivity contribution in [3.05, 3.63) is 40.3 Å². The SMILES string of the molecule is CN1CCCc2c1nc(-c1ccccn1)[nH]c2=O. The van der Waals surface area contributed by atoms with Crippen LogP contribution in [0.5, 0.6) is 0 Å². The molecule has 0 spiro atoms. The topological polar surface area (TPSA) is 61.9 Å². The Bertz CT molecular complexity index is 621. The van der Waals surface area contributed by atoms with E-state index in [1.54, 1.807) is 6.20 Å². The van der Waals surface area contributed by atoms with Crippen molar-refractivity contribution in [3.63, 3.8) is 0 Å². The predicted octanol–water partition coefficient (Wildman–Crippen LogP) is 1.21. The van der Waals surface area contributed by atoms with Crippen molar-refractivity contribution in [1.29, 1.82) is 0 Å². The van der Waals surface area contributed by atoms with E-state index in [1.165, 1.54) is 0 Å². The lowest BCUT2D eigenvalue weighted by atomic mass is 10.1. The minimum atomic E-state index is -0.0489. The van der Waals surface area contributed by atoms with Gasteiger partial charge in [-0.15, -0.1) is 0 Å². The largest absolute Gasteiger partial charge is 0.359 e. The lowest BCUT2D eigenvalue weighted by molar-refractivity contribution is 0.718. The summed E-state index contributed by atoms with van der Waals surface area (Å²) in [5.74, 6) is 1.32. The number of nitrogens with zero attached hydrogens (tertiary/aromatic N) is 3. The lowest BCUT2D eigenvalue weighted by Gasteiger charge is -2.25. The molecule has 0 unspecified atom stereocenters. The number of nitrogens with one attached hydrogen (secondary N) is 1. The Kier molecular flexibility index (Phi) is 2.59. The summed E-state index contributed by atoms with van der Waals surface area (Å²) in [7, 11) is 1.96. The van der Waals surface area contributed by atoms with Gasteiger partial charge in [-0.05, 0) is 25.0 Å². The molecule has 5 nitrogen and oxygen atoms in total. The van der Waals surface area contributed by atoms with Crippen molar-refractivity contribution in [2.45, 2.75) is 12.8 Å². The van der Waals surface area contributed by atoms with Crippen LogP contribution < -0.4 is 10.5 Å². The Labute approximate surface area is 105 Å². The molecular weight excluding hydrogens is 228 g/mol. The number of pyridine rings is 1. The van der Waals surface area contributed by atoms with Crippen LogP contribution in [0.2, 0.25) is 0 Å². The molecule has 1 aliphatic heterocycles. The monoisotopic (exact) mass is 242 g/mol. The predicted molar refractivity (Wildman–Crippen MR) is 69.7 cm³/mol. The first-order valence-corrected chi connectivity index (χ1v) is 6.01. The molecule has 0 amide bonds. The summed E-state index contributed by atoms with van der Waals surface area (Å²) in [5.41, 5.74) is 1.42. The van der Waals surface area contributed by atoms with Crippen LogP contribution in [-0.4, -0.2) is 28.5 Å². The van der Waals surface area contributed by atoms with E-state index in [9.17, 15) is 4.79 Å². The number of anilines is 1. The van der Waals surface area contributed by atoms with E-state index < -0.39 is 0 Å². The van der Waals surface area contributed by atoms with Crippen LogP contribution in [0.25, 0.3) is 11.5 Å². The van der Waals surface area contributed by atoms with Crippen molar-refractivity contribution in [3.8, 4) is 11.5 Å². The summed E-state index contributed by atoms with van der Waals surface area (Å²) in [6, 6.07) is 5.56. The lowest BCUT2D eigenvalue weighted by Crippen LogP contribution is -2.31. The molecule has 3 heterocycles. The van der Waals surface area contributed by atoms with Crippen LogP contribution in [0.4, 0.5) is 5.82 Å². The highest BCUT2D eigenvalue weighted by molar-refractivity contribution is 5.56. The summed E-state index contributed by atoms with van der Waals surface area (Å²) in [5, 5.41) is 0. The van der Waals surface area contributed by atoms with Gasteiger partial charge in [0.15, 0.2) is 5.82 Å². The molecule has 92 valence electrons. The maximum absolute atomic E-state index is 12.1. The third-order valence-corrected chi connectivity index (χ3v) is 3.18. The van der Waals surface area contributed by atoms with Gasteiger partial charge >= 0.3 is 0 Å². The smallest absolute Gasteiger partial charge is 0.256 e. The summed E-state index contributed by atoms with van der Waals surface area (Å²) >= 11 is 0. The summed E-state index contributed by atoms with van der Waals surface area (Å²) in [6.07, 6.45) is 3.49. The van der Waals surface area contributed by atoms with Crippen molar-refractivity contribution < 1.29 is 0 Å². The number of rotatable bonds is 1. The number of aromatic nitrogens is 3. The van der Waals surface area contributed by atoms with Crippen molar-refractivity contribution in [1.82, 2.24) is 15.0 Å². The number of fused-ring (bicyclic) bond motifs is 1. The molecule has 1 aliphatic rings. The minimum Gasteiger partial charge on any atom is -0.359 e. The standard InChI is InChI=1S/C13H14N4O/c1-17-8-4-5-9-12(17)15-11(16-13(9)18)10-6-2-3-7-14-10/h2-3,6-7H,4-5,8H2,1H3,(H,15,16,18). The molecule has 5 heteroatoms. The van der Waals surface area contributed by atoms with E-state index >= 15 is 0 Å². The zero-order chi connectivity index (χ0) is 12.5. The first-order valence-electron chi connectivity index (χ1n) is 6.01. The molecule has 0 saturated heterocycles. The summed E-state index contributed by atoms with van der Waals surface area (Å²) < 4.78 is 0. The van der Waals surface area contributed by atoms with Gasteiger partial charge in [0.2, 0.25) is 0 Å². The average molecular weight is 242 g/mol. The van der Waals surface area contributed by atoms with E-state index in [0.717, 1.165) is 30.8 Å². The Morgan fingerprint density at radius 2 is 2.28 bits per heavy atom. The maximum atomic E-state index is 12.1. The summed E-state index contributed by atoms with van der Waals surface area (Å²) in [4.78, 5) is 25.6. The highest BCUT2D eigenvalue weighted by Crippen LogP contribution is 2.22. The molecule has 0 bridgehead atoms. The van der Waals surface area contributed by atoms with Gasteiger partial charge in [0.05, 0.1) is 5.56 Å². The van der Waals surface area contributed by atoms with Crippen LogP contribution in [0.15, 0.2) is 29.2 Å². The van der Waals surface area contributed by atoms with Crippen LogP contribution in [-0.2, 0) is 6.42 Å². The Balaban J connectivity index is 2.17. The summed E-state index contributed by atoms with van der Waals surface area (Å²) in [6.45, 7) is 0.936. The Morgan fingerprint density at radius 1 is 1.39 bits per heavy atom. The van der Waals surface area contributed by atoms with Crippen LogP contribution in [0.1, 0.15) is 12.0 Å². The molecule has 3 rings (SSSR count). The number of hydrogen-bond donors (Lipinski definition) is 1. The van der Waals surface area contributed by atoms with E-state index in [2.05, 4.69) is 15.0 Å². The second kappa shape index (κ2) is 4.25. The third-order valence-electron chi connectivity index (χ3n) is 3.18. The highest BCUT2D eigenvalue weighted by Gasteiger charge is 2.19. The van der Waals surface area contributed by atoms with Gasteiger partial charge in [-0.3, -0.25) is 9.78 Å². The minimum absolute atomic E-state index is 0.0489. The quantitative estimate of drug-likeness (QED) is 0.816. The average Bonchev–Trinajstić information content (AvgIpc) is 2.41. The molecule has 0 fully saturated rings. The third kappa shape index (κ3) is 1.77. The van der Waals surface area contributed by atoms with Gasteiger partial charge < -0.3 is 9.88 Å². The molecule has 0 aromatic carbocycles. The van der Waals surface area contributed by atoms with Gasteiger partial charge in [0.25, 0.3) is 5.56 Å². The molecule has 0 aliphatic carbocycles. The van der Waals surface area contributed by atoms with E-state index in [0.29, 0.717) is 11.5 Å². The van der Waals surface area contributed by atoms with E-state index in [-0.39, 0.29) is 5.56 Å². The van der Waals surface area contributed by atoms with Gasteiger partial charge in [0.1, 0.15) is 11.5 Å². The van der Waals surface area contributed by atoms with Gasteiger partial charge in [-0.2, -0.15) is 0 Å². The molecule has 2 aromatic heterocycles. The Hall–Kier alpha value is -2.17. The number of H-pyrrole nitrogens is 1.